The lowest BCUT2D eigenvalue weighted by atomic mass is 10.2. The molecule has 1 aromatic carbocycles. The number of nitrogens with zero attached hydrogens (tertiary/aromatic N) is 5. The highest BCUT2D eigenvalue weighted by atomic mass is 16.5. The quantitative estimate of drug-likeness (QED) is 0.548. The maximum absolute atomic E-state index is 12.7. The third kappa shape index (κ3) is 5.03. The highest BCUT2D eigenvalue weighted by Gasteiger charge is 2.27. The van der Waals surface area contributed by atoms with Crippen LogP contribution in [0.5, 0.6) is 11.5 Å². The zero-order chi connectivity index (χ0) is 21.5. The van der Waals surface area contributed by atoms with E-state index in [0.29, 0.717) is 37.7 Å². The number of ether oxygens (including phenoxy) is 2. The van der Waals surface area contributed by atoms with Crippen molar-refractivity contribution in [3.63, 3.8) is 0 Å². The lowest BCUT2D eigenvalue weighted by molar-refractivity contribution is -0.120. The fourth-order valence-corrected chi connectivity index (χ4v) is 3.35. The molecule has 1 saturated heterocycles. The maximum atomic E-state index is 12.7. The Bertz CT molecular complexity index is 895. The number of guanidine groups is 1. The largest absolute Gasteiger partial charge is 0.493 e. The smallest absolute Gasteiger partial charge is 0.246 e. The van der Waals surface area contributed by atoms with E-state index in [1.54, 1.807) is 22.9 Å². The maximum Gasteiger partial charge on any atom is 0.246 e. The summed E-state index contributed by atoms with van der Waals surface area (Å²) in [6.07, 6.45) is 3.57. The van der Waals surface area contributed by atoms with Gasteiger partial charge in [0.15, 0.2) is 17.5 Å². The lowest BCUT2D eigenvalue weighted by Crippen LogP contribution is -2.55. The summed E-state index contributed by atoms with van der Waals surface area (Å²) in [7, 11) is 3.47. The Labute approximate surface area is 177 Å². The number of methoxy groups -OCH3 is 1. The van der Waals surface area contributed by atoms with E-state index < -0.39 is 0 Å². The number of hydrogen-bond donors (Lipinski definition) is 1. The van der Waals surface area contributed by atoms with E-state index in [1.807, 2.05) is 50.2 Å². The summed E-state index contributed by atoms with van der Waals surface area (Å²) in [6.45, 7) is 7.28. The molecule has 2 aromatic rings. The van der Waals surface area contributed by atoms with Gasteiger partial charge in [0.1, 0.15) is 6.54 Å². The molecular formula is C21H30N6O3. The lowest BCUT2D eigenvalue weighted by Gasteiger charge is -2.35. The molecule has 9 nitrogen and oxygen atoms in total. The Kier molecular flexibility index (Phi) is 7.16. The van der Waals surface area contributed by atoms with Crippen molar-refractivity contribution in [2.75, 3.05) is 44.8 Å². The van der Waals surface area contributed by atoms with Crippen molar-refractivity contribution < 1.29 is 14.3 Å². The number of rotatable bonds is 7. The van der Waals surface area contributed by atoms with Crippen molar-refractivity contribution in [3.8, 4) is 11.5 Å². The number of piperazine rings is 1. The third-order valence-corrected chi connectivity index (χ3v) is 4.80. The molecule has 0 unspecified atom stereocenters. The van der Waals surface area contributed by atoms with Gasteiger partial charge >= 0.3 is 0 Å². The number of aromatic nitrogens is 2. The normalized spacial score (nSPS) is 14.8. The van der Waals surface area contributed by atoms with E-state index in [0.717, 1.165) is 23.8 Å². The van der Waals surface area contributed by atoms with Crippen LogP contribution in [0.4, 0.5) is 5.69 Å². The summed E-state index contributed by atoms with van der Waals surface area (Å²) in [5.41, 5.74) is 1.83. The van der Waals surface area contributed by atoms with Crippen LogP contribution in [0.3, 0.4) is 0 Å². The van der Waals surface area contributed by atoms with Crippen molar-refractivity contribution in [2.24, 2.45) is 12.0 Å². The second kappa shape index (κ2) is 10.00. The summed E-state index contributed by atoms with van der Waals surface area (Å²) in [6, 6.07) is 5.81. The number of anilines is 1. The number of aryl methyl sites for hydroxylation is 1. The highest BCUT2D eigenvalue weighted by molar-refractivity contribution is 5.98. The van der Waals surface area contributed by atoms with Crippen LogP contribution >= 0.6 is 0 Å². The Balaban J connectivity index is 1.70. The Hall–Kier alpha value is -3.23. The van der Waals surface area contributed by atoms with Crippen molar-refractivity contribution in [1.82, 2.24) is 20.0 Å². The van der Waals surface area contributed by atoms with E-state index in [-0.39, 0.29) is 12.5 Å². The predicted molar refractivity (Wildman–Crippen MR) is 116 cm³/mol. The first-order valence-corrected chi connectivity index (χ1v) is 10.2. The van der Waals surface area contributed by atoms with Crippen molar-refractivity contribution in [3.05, 3.63) is 36.2 Å². The topological polar surface area (TPSA) is 84.2 Å². The van der Waals surface area contributed by atoms with Crippen LogP contribution in [0.25, 0.3) is 0 Å². The summed E-state index contributed by atoms with van der Waals surface area (Å²) < 4.78 is 12.7. The number of carbonyl (C=O) groups excluding carboxylic acids is 1. The number of benzene rings is 1. The SMILES string of the molecule is CCNC(=NCc1ccc(OC)c(OCC)c1)N1CCN(c2cnn(C)c2)C(=O)C1. The van der Waals surface area contributed by atoms with Gasteiger partial charge in [-0.1, -0.05) is 6.07 Å². The van der Waals surface area contributed by atoms with Crippen molar-refractivity contribution in [1.29, 1.82) is 0 Å². The molecule has 0 radical (unpaired) electrons. The number of hydrogen-bond acceptors (Lipinski definition) is 5. The van der Waals surface area contributed by atoms with Gasteiger partial charge in [-0.2, -0.15) is 5.10 Å². The average Bonchev–Trinajstić information content (AvgIpc) is 3.17. The van der Waals surface area contributed by atoms with Gasteiger partial charge in [0.2, 0.25) is 5.91 Å². The first kappa shape index (κ1) is 21.5. The molecule has 1 aliphatic heterocycles. The van der Waals surface area contributed by atoms with E-state index in [9.17, 15) is 4.79 Å². The number of nitrogens with one attached hydrogen (secondary N) is 1. The molecule has 3 rings (SSSR count). The van der Waals surface area contributed by atoms with Gasteiger partial charge in [-0.15, -0.1) is 0 Å². The monoisotopic (exact) mass is 414 g/mol. The average molecular weight is 415 g/mol. The fraction of sp³-hybridized carbons (Fsp3) is 0.476. The molecule has 0 spiro atoms. The zero-order valence-corrected chi connectivity index (χ0v) is 18.1. The van der Waals surface area contributed by atoms with Gasteiger partial charge < -0.3 is 24.6 Å². The molecule has 0 saturated carbocycles. The van der Waals surface area contributed by atoms with Gasteiger partial charge in [0, 0.05) is 32.9 Å². The molecule has 0 atom stereocenters. The molecular weight excluding hydrogens is 384 g/mol. The standard InChI is InChI=1S/C21H30N6O3/c1-5-22-21(23-12-16-7-8-18(29-4)19(11-16)30-6-2)26-9-10-27(20(28)15-26)17-13-24-25(3)14-17/h7-8,11,13-14H,5-6,9-10,12,15H2,1-4H3,(H,22,23). The molecule has 162 valence electrons. The summed E-state index contributed by atoms with van der Waals surface area (Å²) >= 11 is 0. The zero-order valence-electron chi connectivity index (χ0n) is 18.1. The summed E-state index contributed by atoms with van der Waals surface area (Å²) in [5.74, 6) is 2.17. The van der Waals surface area contributed by atoms with Crippen molar-refractivity contribution >= 4 is 17.6 Å². The first-order valence-electron chi connectivity index (χ1n) is 10.2. The Morgan fingerprint density at radius 1 is 1.27 bits per heavy atom. The van der Waals surface area contributed by atoms with Crippen LogP contribution in [0.2, 0.25) is 0 Å². The Morgan fingerprint density at radius 2 is 2.10 bits per heavy atom. The van der Waals surface area contributed by atoms with Gasteiger partial charge in [0.05, 0.1) is 32.1 Å². The molecule has 1 aromatic heterocycles. The van der Waals surface area contributed by atoms with E-state index in [4.69, 9.17) is 14.5 Å². The number of amides is 1. The van der Waals surface area contributed by atoms with Crippen molar-refractivity contribution in [2.45, 2.75) is 20.4 Å². The molecule has 1 fully saturated rings. The summed E-state index contributed by atoms with van der Waals surface area (Å²) in [5, 5.41) is 7.46. The van der Waals surface area contributed by atoms with E-state index in [1.165, 1.54) is 0 Å². The second-order valence-electron chi connectivity index (χ2n) is 6.93. The van der Waals surface area contributed by atoms with Crippen LogP contribution < -0.4 is 19.7 Å². The minimum absolute atomic E-state index is 0.0305. The molecule has 0 aliphatic carbocycles. The number of aliphatic imine (C=N–C) groups is 1. The fourth-order valence-electron chi connectivity index (χ4n) is 3.35. The van der Waals surface area contributed by atoms with E-state index in [2.05, 4.69) is 10.4 Å². The minimum atomic E-state index is 0.0305. The molecule has 30 heavy (non-hydrogen) atoms. The van der Waals surface area contributed by atoms with Crippen LogP contribution in [0.1, 0.15) is 19.4 Å². The molecule has 2 heterocycles. The van der Waals surface area contributed by atoms with Gasteiger partial charge in [-0.3, -0.25) is 9.48 Å². The highest BCUT2D eigenvalue weighted by Crippen LogP contribution is 2.28. The molecule has 0 bridgehead atoms. The first-order chi connectivity index (χ1) is 14.5. The predicted octanol–water partition coefficient (Wildman–Crippen LogP) is 1.64. The number of carbonyl (C=O) groups is 1. The minimum Gasteiger partial charge on any atom is -0.493 e. The van der Waals surface area contributed by atoms with Gasteiger partial charge in [-0.25, -0.2) is 4.99 Å². The van der Waals surface area contributed by atoms with E-state index >= 15 is 0 Å². The molecule has 1 amide bonds. The van der Waals surface area contributed by atoms with Crippen LogP contribution in [0, 0.1) is 0 Å². The summed E-state index contributed by atoms with van der Waals surface area (Å²) in [4.78, 5) is 21.2. The van der Waals surface area contributed by atoms with Crippen LogP contribution in [-0.2, 0) is 18.4 Å². The van der Waals surface area contributed by atoms with Crippen LogP contribution in [-0.4, -0.2) is 66.4 Å². The van der Waals surface area contributed by atoms with Gasteiger partial charge in [0.25, 0.3) is 0 Å². The Morgan fingerprint density at radius 3 is 2.73 bits per heavy atom. The molecule has 1 N–H and O–H groups in total. The third-order valence-electron chi connectivity index (χ3n) is 4.80. The molecule has 9 heteroatoms. The second-order valence-corrected chi connectivity index (χ2v) is 6.93. The van der Waals surface area contributed by atoms with Crippen LogP contribution in [0.15, 0.2) is 35.6 Å². The molecule has 1 aliphatic rings. The van der Waals surface area contributed by atoms with Gasteiger partial charge in [-0.05, 0) is 31.5 Å².